The number of likely N-dealkylation sites (tertiary alicyclic amines) is 1. The molecule has 4 heteroatoms. The third-order valence-electron chi connectivity index (χ3n) is 5.71. The maximum Gasteiger partial charge on any atom is 0.0741 e. The van der Waals surface area contributed by atoms with E-state index in [1.54, 1.807) is 0 Å². The molecule has 1 spiro atoms. The molecule has 0 aliphatic carbocycles. The van der Waals surface area contributed by atoms with Gasteiger partial charge >= 0.3 is 0 Å². The number of hydrogen-bond donors (Lipinski definition) is 1. The summed E-state index contributed by atoms with van der Waals surface area (Å²) >= 11 is 0. The fourth-order valence-corrected chi connectivity index (χ4v) is 4.22. The van der Waals surface area contributed by atoms with Crippen LogP contribution in [0.2, 0.25) is 0 Å². The molecule has 0 saturated carbocycles. The summed E-state index contributed by atoms with van der Waals surface area (Å²) in [6, 6.07) is 1.07. The molecular weight excluding hydrogens is 252 g/mol. The molecule has 0 aromatic rings. The lowest BCUT2D eigenvalue weighted by Crippen LogP contribution is -2.53. The van der Waals surface area contributed by atoms with Crippen molar-refractivity contribution in [1.82, 2.24) is 4.90 Å². The Morgan fingerprint density at radius 3 is 2.45 bits per heavy atom. The van der Waals surface area contributed by atoms with Crippen LogP contribution in [0.3, 0.4) is 0 Å². The fraction of sp³-hybridized carbons (Fsp3) is 1.00. The Balaban J connectivity index is 1.55. The summed E-state index contributed by atoms with van der Waals surface area (Å²) in [7, 11) is 0. The molecule has 3 aliphatic heterocycles. The smallest absolute Gasteiger partial charge is 0.0741 e. The van der Waals surface area contributed by atoms with Crippen molar-refractivity contribution in [2.24, 2.45) is 11.7 Å². The van der Waals surface area contributed by atoms with Crippen molar-refractivity contribution in [3.05, 3.63) is 0 Å². The van der Waals surface area contributed by atoms with Gasteiger partial charge in [-0.1, -0.05) is 0 Å². The van der Waals surface area contributed by atoms with Gasteiger partial charge in [0.15, 0.2) is 0 Å². The highest BCUT2D eigenvalue weighted by atomic mass is 16.5. The summed E-state index contributed by atoms with van der Waals surface area (Å²) < 4.78 is 11.7. The van der Waals surface area contributed by atoms with E-state index in [1.165, 1.54) is 38.8 Å². The third kappa shape index (κ3) is 3.19. The van der Waals surface area contributed by atoms with Crippen molar-refractivity contribution >= 4 is 0 Å². The second kappa shape index (κ2) is 6.30. The van der Waals surface area contributed by atoms with Crippen LogP contribution in [0.1, 0.15) is 45.4 Å². The highest BCUT2D eigenvalue weighted by Crippen LogP contribution is 2.37. The molecule has 0 aromatic carbocycles. The van der Waals surface area contributed by atoms with Gasteiger partial charge in [-0.15, -0.1) is 0 Å². The van der Waals surface area contributed by atoms with Gasteiger partial charge in [-0.3, -0.25) is 0 Å². The summed E-state index contributed by atoms with van der Waals surface area (Å²) in [6.45, 7) is 7.29. The highest BCUT2D eigenvalue weighted by molar-refractivity contribution is 4.93. The van der Waals surface area contributed by atoms with Crippen molar-refractivity contribution in [2.75, 3.05) is 32.9 Å². The zero-order chi connectivity index (χ0) is 14.0. The Bertz CT molecular complexity index is 302. The van der Waals surface area contributed by atoms with Gasteiger partial charge < -0.3 is 20.1 Å². The second-order valence-electron chi connectivity index (χ2n) is 7.02. The van der Waals surface area contributed by atoms with Gasteiger partial charge in [0, 0.05) is 31.9 Å². The minimum absolute atomic E-state index is 0.124. The van der Waals surface area contributed by atoms with E-state index in [0.29, 0.717) is 6.04 Å². The van der Waals surface area contributed by atoms with E-state index < -0.39 is 0 Å². The van der Waals surface area contributed by atoms with E-state index in [4.69, 9.17) is 15.2 Å². The van der Waals surface area contributed by atoms with Crippen LogP contribution >= 0.6 is 0 Å². The number of ether oxygens (including phenoxy) is 2. The molecule has 2 atom stereocenters. The van der Waals surface area contributed by atoms with Crippen LogP contribution in [0.5, 0.6) is 0 Å². The molecule has 3 aliphatic rings. The van der Waals surface area contributed by atoms with E-state index >= 15 is 0 Å². The monoisotopic (exact) mass is 282 g/mol. The minimum Gasteiger partial charge on any atom is -0.381 e. The Morgan fingerprint density at radius 1 is 1.10 bits per heavy atom. The summed E-state index contributed by atoms with van der Waals surface area (Å²) in [5, 5.41) is 0. The zero-order valence-corrected chi connectivity index (χ0v) is 12.9. The molecule has 3 rings (SSSR count). The molecule has 0 radical (unpaired) electrons. The van der Waals surface area contributed by atoms with Gasteiger partial charge in [-0.25, -0.2) is 0 Å². The molecule has 3 saturated heterocycles. The minimum atomic E-state index is 0.124. The molecule has 3 fully saturated rings. The van der Waals surface area contributed by atoms with Crippen molar-refractivity contribution in [3.63, 3.8) is 0 Å². The summed E-state index contributed by atoms with van der Waals surface area (Å²) in [5.74, 6) is 0.725. The van der Waals surface area contributed by atoms with Gasteiger partial charge in [0.1, 0.15) is 0 Å². The first kappa shape index (κ1) is 14.8. The van der Waals surface area contributed by atoms with Crippen molar-refractivity contribution in [3.8, 4) is 0 Å². The normalized spacial score (nSPS) is 34.2. The van der Waals surface area contributed by atoms with Crippen LogP contribution in [0, 0.1) is 5.92 Å². The summed E-state index contributed by atoms with van der Waals surface area (Å²) in [4.78, 5) is 2.71. The van der Waals surface area contributed by atoms with Crippen molar-refractivity contribution in [1.29, 1.82) is 0 Å². The average molecular weight is 282 g/mol. The van der Waals surface area contributed by atoms with Crippen LogP contribution < -0.4 is 5.73 Å². The Hall–Kier alpha value is -0.160. The van der Waals surface area contributed by atoms with E-state index in [9.17, 15) is 0 Å². The molecule has 3 heterocycles. The third-order valence-corrected chi connectivity index (χ3v) is 5.71. The quantitative estimate of drug-likeness (QED) is 0.838. The summed E-state index contributed by atoms with van der Waals surface area (Å²) in [5.41, 5.74) is 6.17. The van der Waals surface area contributed by atoms with Gasteiger partial charge in [-0.05, 0) is 64.5 Å². The van der Waals surface area contributed by atoms with Crippen molar-refractivity contribution < 1.29 is 9.47 Å². The molecule has 0 aromatic heterocycles. The molecule has 2 N–H and O–H groups in total. The predicted octanol–water partition coefficient (Wildman–Crippen LogP) is 1.77. The highest BCUT2D eigenvalue weighted by Gasteiger charge is 2.41. The number of hydrogen-bond acceptors (Lipinski definition) is 4. The van der Waals surface area contributed by atoms with Gasteiger partial charge in [0.25, 0.3) is 0 Å². The first-order chi connectivity index (χ1) is 9.69. The lowest BCUT2D eigenvalue weighted by molar-refractivity contribution is -0.153. The maximum atomic E-state index is 6.16. The number of nitrogens with zero attached hydrogens (tertiary/aromatic N) is 1. The summed E-state index contributed by atoms with van der Waals surface area (Å²) in [6.07, 6.45) is 7.11. The van der Waals surface area contributed by atoms with Crippen LogP contribution in [0.25, 0.3) is 0 Å². The zero-order valence-electron chi connectivity index (χ0n) is 12.9. The lowest BCUT2D eigenvalue weighted by Gasteiger charge is -2.48. The maximum absolute atomic E-state index is 6.16. The molecule has 116 valence electrons. The predicted molar refractivity (Wildman–Crippen MR) is 79.7 cm³/mol. The molecule has 0 bridgehead atoms. The first-order valence-corrected chi connectivity index (χ1v) is 8.40. The van der Waals surface area contributed by atoms with E-state index in [-0.39, 0.29) is 5.60 Å². The van der Waals surface area contributed by atoms with Gasteiger partial charge in [0.05, 0.1) is 5.60 Å². The van der Waals surface area contributed by atoms with Gasteiger partial charge in [-0.2, -0.15) is 0 Å². The largest absolute Gasteiger partial charge is 0.381 e. The lowest BCUT2D eigenvalue weighted by atomic mass is 9.82. The van der Waals surface area contributed by atoms with Crippen LogP contribution in [0.4, 0.5) is 0 Å². The van der Waals surface area contributed by atoms with Crippen LogP contribution in [-0.2, 0) is 9.47 Å². The molecule has 4 nitrogen and oxygen atoms in total. The molecule has 20 heavy (non-hydrogen) atoms. The van der Waals surface area contributed by atoms with E-state index in [2.05, 4.69) is 11.8 Å². The molecule has 2 unspecified atom stereocenters. The Labute approximate surface area is 123 Å². The average Bonchev–Trinajstić information content (AvgIpc) is 2.48. The van der Waals surface area contributed by atoms with Crippen LogP contribution in [0.15, 0.2) is 0 Å². The van der Waals surface area contributed by atoms with Crippen molar-refractivity contribution in [2.45, 2.75) is 63.1 Å². The van der Waals surface area contributed by atoms with Gasteiger partial charge in [0.2, 0.25) is 0 Å². The fourth-order valence-electron chi connectivity index (χ4n) is 4.22. The number of nitrogens with two attached hydrogens (primary N) is 1. The first-order valence-electron chi connectivity index (χ1n) is 8.40. The second-order valence-corrected chi connectivity index (χ2v) is 7.02. The Morgan fingerprint density at radius 2 is 1.80 bits per heavy atom. The molecular formula is C16H30N2O2. The standard InChI is InChI=1S/C16H30N2O2/c1-13(17)14-2-7-18(8-3-14)15-4-9-20-16(12-15)5-10-19-11-6-16/h13-15H,2-12,17H2,1H3. The number of rotatable bonds is 2. The van der Waals surface area contributed by atoms with E-state index in [0.717, 1.165) is 44.6 Å². The van der Waals surface area contributed by atoms with Crippen LogP contribution in [-0.4, -0.2) is 55.5 Å². The number of piperidine rings is 1. The SMILES string of the molecule is CC(N)C1CCN(C2CCOC3(CCOCC3)C2)CC1. The van der Waals surface area contributed by atoms with E-state index in [1.807, 2.05) is 0 Å². The topological polar surface area (TPSA) is 47.7 Å². The Kier molecular flexibility index (Phi) is 4.65. The molecule has 0 amide bonds.